The molecule has 3 aromatic carbocycles. The molecule has 1 amide bonds. The molecule has 0 unspecified atom stereocenters. The summed E-state index contributed by atoms with van der Waals surface area (Å²) in [5.74, 6) is 0.654. The molecule has 0 saturated heterocycles. The maximum Gasteiger partial charge on any atom is 0.252 e. The summed E-state index contributed by atoms with van der Waals surface area (Å²) in [6.07, 6.45) is -0.242. The van der Waals surface area contributed by atoms with Gasteiger partial charge in [0.15, 0.2) is 0 Å². The molecule has 4 heteroatoms. The molecular formula is C21H21NO3. The molecule has 128 valence electrons. The minimum Gasteiger partial charge on any atom is -0.497 e. The minimum absolute atomic E-state index is 0.109. The van der Waals surface area contributed by atoms with Gasteiger partial charge >= 0.3 is 0 Å². The molecule has 0 aliphatic carbocycles. The number of hydrogen-bond acceptors (Lipinski definition) is 3. The van der Waals surface area contributed by atoms with Crippen LogP contribution in [0.1, 0.15) is 22.0 Å². The quantitative estimate of drug-likeness (QED) is 0.741. The maximum absolute atomic E-state index is 12.6. The Kier molecular flexibility index (Phi) is 5.31. The molecule has 0 bridgehead atoms. The summed E-state index contributed by atoms with van der Waals surface area (Å²) in [7, 11) is 3.26. The van der Waals surface area contributed by atoms with Crippen molar-refractivity contribution in [3.8, 4) is 5.75 Å². The molecular weight excluding hydrogens is 314 g/mol. The Morgan fingerprint density at radius 2 is 1.76 bits per heavy atom. The highest BCUT2D eigenvalue weighted by Gasteiger charge is 2.15. The predicted octanol–water partition coefficient (Wildman–Crippen LogP) is 3.97. The van der Waals surface area contributed by atoms with E-state index in [0.717, 1.165) is 22.1 Å². The third kappa shape index (κ3) is 3.80. The van der Waals surface area contributed by atoms with Crippen molar-refractivity contribution in [2.24, 2.45) is 0 Å². The van der Waals surface area contributed by atoms with Crippen molar-refractivity contribution in [1.29, 1.82) is 0 Å². The van der Waals surface area contributed by atoms with Crippen molar-refractivity contribution in [3.63, 3.8) is 0 Å². The Balaban J connectivity index is 1.76. The van der Waals surface area contributed by atoms with Gasteiger partial charge in [-0.3, -0.25) is 4.79 Å². The van der Waals surface area contributed by atoms with Crippen LogP contribution in [0.4, 0.5) is 0 Å². The third-order valence-corrected chi connectivity index (χ3v) is 4.23. The zero-order chi connectivity index (χ0) is 17.6. The summed E-state index contributed by atoms with van der Waals surface area (Å²) in [4.78, 5) is 12.6. The predicted molar refractivity (Wildman–Crippen MR) is 99.0 cm³/mol. The number of methoxy groups -OCH3 is 2. The molecule has 0 heterocycles. The summed E-state index contributed by atoms with van der Waals surface area (Å²) in [6.45, 7) is 0.381. The van der Waals surface area contributed by atoms with Gasteiger partial charge in [0.1, 0.15) is 5.75 Å². The lowest BCUT2D eigenvalue weighted by molar-refractivity contribution is 0.0828. The average Bonchev–Trinajstić information content (AvgIpc) is 2.68. The van der Waals surface area contributed by atoms with E-state index in [0.29, 0.717) is 12.1 Å². The molecule has 0 aliphatic heterocycles. The molecule has 1 N–H and O–H groups in total. The van der Waals surface area contributed by atoms with E-state index in [2.05, 4.69) is 5.32 Å². The van der Waals surface area contributed by atoms with Gasteiger partial charge in [-0.25, -0.2) is 0 Å². The van der Waals surface area contributed by atoms with Crippen LogP contribution in [-0.4, -0.2) is 26.7 Å². The van der Waals surface area contributed by atoms with Crippen LogP contribution in [0, 0.1) is 0 Å². The Hall–Kier alpha value is -2.85. The highest BCUT2D eigenvalue weighted by molar-refractivity contribution is 6.07. The van der Waals surface area contributed by atoms with Gasteiger partial charge in [0, 0.05) is 19.2 Å². The van der Waals surface area contributed by atoms with Crippen LogP contribution in [-0.2, 0) is 4.74 Å². The normalized spacial score (nSPS) is 11.9. The number of hydrogen-bond donors (Lipinski definition) is 1. The highest BCUT2D eigenvalue weighted by atomic mass is 16.5. The number of benzene rings is 3. The zero-order valence-corrected chi connectivity index (χ0v) is 14.4. The lowest BCUT2D eigenvalue weighted by Gasteiger charge is -2.17. The Bertz CT molecular complexity index is 870. The van der Waals surface area contributed by atoms with Crippen molar-refractivity contribution >= 4 is 16.7 Å². The fourth-order valence-corrected chi connectivity index (χ4v) is 2.88. The second-order valence-electron chi connectivity index (χ2n) is 5.74. The van der Waals surface area contributed by atoms with Gasteiger partial charge < -0.3 is 14.8 Å². The molecule has 4 nitrogen and oxygen atoms in total. The van der Waals surface area contributed by atoms with Crippen LogP contribution in [0.3, 0.4) is 0 Å². The van der Waals surface area contributed by atoms with Crippen LogP contribution < -0.4 is 10.1 Å². The second kappa shape index (κ2) is 7.81. The standard InChI is InChI=1S/C21H21NO3/c1-24-17-10-5-9-16(13-17)20(25-2)14-22-21(23)19-12-6-8-15-7-3-4-11-18(15)19/h3-13,20H,14H2,1-2H3,(H,22,23)/t20-/m0/s1. The fraction of sp³-hybridized carbons (Fsp3) is 0.190. The van der Waals surface area contributed by atoms with E-state index < -0.39 is 0 Å². The van der Waals surface area contributed by atoms with Crippen molar-refractivity contribution in [2.75, 3.05) is 20.8 Å². The van der Waals surface area contributed by atoms with Crippen LogP contribution in [0.5, 0.6) is 5.75 Å². The molecule has 0 aromatic heterocycles. The average molecular weight is 335 g/mol. The van der Waals surface area contributed by atoms with E-state index in [-0.39, 0.29) is 12.0 Å². The molecule has 0 radical (unpaired) electrons. The number of amides is 1. The molecule has 0 aliphatic rings. The van der Waals surface area contributed by atoms with E-state index in [1.807, 2.05) is 66.7 Å². The summed E-state index contributed by atoms with van der Waals surface area (Å²) in [6, 6.07) is 21.3. The Morgan fingerprint density at radius 1 is 1.00 bits per heavy atom. The fourth-order valence-electron chi connectivity index (χ4n) is 2.88. The first-order valence-corrected chi connectivity index (χ1v) is 8.15. The van der Waals surface area contributed by atoms with E-state index in [1.54, 1.807) is 14.2 Å². The van der Waals surface area contributed by atoms with Gasteiger partial charge in [-0.05, 0) is 34.5 Å². The van der Waals surface area contributed by atoms with Crippen molar-refractivity contribution in [1.82, 2.24) is 5.32 Å². The monoisotopic (exact) mass is 335 g/mol. The van der Waals surface area contributed by atoms with E-state index in [9.17, 15) is 4.79 Å². The number of nitrogens with one attached hydrogen (secondary N) is 1. The lowest BCUT2D eigenvalue weighted by Crippen LogP contribution is -2.29. The molecule has 3 aromatic rings. The minimum atomic E-state index is -0.242. The summed E-state index contributed by atoms with van der Waals surface area (Å²) < 4.78 is 10.8. The molecule has 0 fully saturated rings. The topological polar surface area (TPSA) is 47.6 Å². The first-order valence-electron chi connectivity index (χ1n) is 8.15. The zero-order valence-electron chi connectivity index (χ0n) is 14.4. The number of carbonyl (C=O) groups is 1. The van der Waals surface area contributed by atoms with Crippen molar-refractivity contribution in [2.45, 2.75) is 6.10 Å². The molecule has 0 saturated carbocycles. The van der Waals surface area contributed by atoms with E-state index in [1.165, 1.54) is 0 Å². The Labute approximate surface area is 147 Å². The smallest absolute Gasteiger partial charge is 0.252 e. The van der Waals surface area contributed by atoms with Crippen LogP contribution in [0.15, 0.2) is 66.7 Å². The SMILES string of the molecule is COc1cccc([C@H](CNC(=O)c2cccc3ccccc23)OC)c1. The number of rotatable bonds is 6. The Morgan fingerprint density at radius 3 is 2.56 bits per heavy atom. The van der Waals surface area contributed by atoms with Crippen LogP contribution in [0.2, 0.25) is 0 Å². The largest absolute Gasteiger partial charge is 0.497 e. The molecule has 1 atom stereocenters. The summed E-state index contributed by atoms with van der Waals surface area (Å²) in [5, 5.41) is 4.96. The van der Waals surface area contributed by atoms with Gasteiger partial charge in [0.05, 0.1) is 13.2 Å². The van der Waals surface area contributed by atoms with Gasteiger partial charge in [0.25, 0.3) is 5.91 Å². The number of fused-ring (bicyclic) bond motifs is 1. The van der Waals surface area contributed by atoms with E-state index >= 15 is 0 Å². The van der Waals surface area contributed by atoms with Crippen LogP contribution in [0.25, 0.3) is 10.8 Å². The van der Waals surface area contributed by atoms with Gasteiger partial charge in [-0.2, -0.15) is 0 Å². The van der Waals surface area contributed by atoms with Gasteiger partial charge in [0.2, 0.25) is 0 Å². The molecule has 25 heavy (non-hydrogen) atoms. The molecule has 0 spiro atoms. The summed E-state index contributed by atoms with van der Waals surface area (Å²) in [5.41, 5.74) is 1.62. The highest BCUT2D eigenvalue weighted by Crippen LogP contribution is 2.22. The lowest BCUT2D eigenvalue weighted by atomic mass is 10.0. The van der Waals surface area contributed by atoms with Crippen molar-refractivity contribution in [3.05, 3.63) is 77.9 Å². The maximum atomic E-state index is 12.6. The number of ether oxygens (including phenoxy) is 2. The van der Waals surface area contributed by atoms with Gasteiger partial charge in [-0.15, -0.1) is 0 Å². The molecule has 3 rings (SSSR count). The van der Waals surface area contributed by atoms with Crippen LogP contribution >= 0.6 is 0 Å². The summed E-state index contributed by atoms with van der Waals surface area (Å²) >= 11 is 0. The first kappa shape index (κ1) is 17.0. The first-order chi connectivity index (χ1) is 12.2. The van der Waals surface area contributed by atoms with E-state index in [4.69, 9.17) is 9.47 Å². The third-order valence-electron chi connectivity index (χ3n) is 4.23. The van der Waals surface area contributed by atoms with Gasteiger partial charge in [-0.1, -0.05) is 48.5 Å². The second-order valence-corrected chi connectivity index (χ2v) is 5.74. The number of carbonyl (C=O) groups excluding carboxylic acids is 1. The van der Waals surface area contributed by atoms with Crippen molar-refractivity contribution < 1.29 is 14.3 Å².